The van der Waals surface area contributed by atoms with Crippen molar-refractivity contribution in [2.75, 3.05) is 0 Å². The van der Waals surface area contributed by atoms with Crippen LogP contribution in [0.5, 0.6) is 5.75 Å². The lowest BCUT2D eigenvalue weighted by atomic mass is 10.1. The zero-order valence-corrected chi connectivity index (χ0v) is 14.4. The minimum atomic E-state index is -1.99. The molecule has 1 N–H and O–H groups in total. The second kappa shape index (κ2) is 4.91. The Hall–Kier alpha value is -1.75. The van der Waals surface area contributed by atoms with Crippen LogP contribution in [0.3, 0.4) is 0 Å². The maximum Gasteiger partial charge on any atom is 0.372 e. The number of carboxylic acid groups (broad SMARTS) is 1. The lowest BCUT2D eigenvalue weighted by Crippen LogP contribution is -2.43. The number of aryl methyl sites for hydroxylation is 1. The molecule has 0 saturated heterocycles. The summed E-state index contributed by atoms with van der Waals surface area (Å²) in [5, 5.41) is 10.0. The van der Waals surface area contributed by atoms with Gasteiger partial charge < -0.3 is 13.9 Å². The second-order valence-electron chi connectivity index (χ2n) is 6.85. The summed E-state index contributed by atoms with van der Waals surface area (Å²) in [6.45, 7) is 12.6. The highest BCUT2D eigenvalue weighted by molar-refractivity contribution is 6.74. The molecule has 5 heteroatoms. The monoisotopic (exact) mass is 306 g/mol. The molecule has 4 nitrogen and oxygen atoms in total. The molecule has 114 valence electrons. The van der Waals surface area contributed by atoms with E-state index in [4.69, 9.17) is 8.84 Å². The number of rotatable bonds is 3. The number of fused-ring (bicyclic) bond motifs is 1. The number of benzene rings is 1. The van der Waals surface area contributed by atoms with Gasteiger partial charge in [-0.3, -0.25) is 0 Å². The van der Waals surface area contributed by atoms with Gasteiger partial charge in [-0.05, 0) is 37.2 Å². The van der Waals surface area contributed by atoms with Gasteiger partial charge in [-0.15, -0.1) is 0 Å². The maximum absolute atomic E-state index is 11.2. The van der Waals surface area contributed by atoms with Crippen molar-refractivity contribution in [2.24, 2.45) is 0 Å². The molecule has 0 bridgehead atoms. The first kappa shape index (κ1) is 15.6. The van der Waals surface area contributed by atoms with Crippen LogP contribution in [0.25, 0.3) is 11.0 Å². The van der Waals surface area contributed by atoms with E-state index in [-0.39, 0.29) is 10.8 Å². The Kier molecular flexibility index (Phi) is 3.66. The molecule has 0 unspecified atom stereocenters. The zero-order chi connectivity index (χ0) is 16.0. The standard InChI is InChI=1S/C16H22O4Si/c1-10-13-11(19-14(10)15(17)18)8-7-9-12(13)20-21(5,6)16(2,3)4/h7-9H,1-6H3,(H,17,18). The first-order valence-electron chi connectivity index (χ1n) is 6.99. The van der Waals surface area contributed by atoms with Crippen LogP contribution in [0, 0.1) is 6.92 Å². The predicted molar refractivity (Wildman–Crippen MR) is 85.7 cm³/mol. The van der Waals surface area contributed by atoms with Crippen LogP contribution in [0.15, 0.2) is 22.6 Å². The van der Waals surface area contributed by atoms with Crippen molar-refractivity contribution < 1.29 is 18.7 Å². The molecule has 0 radical (unpaired) electrons. The van der Waals surface area contributed by atoms with Gasteiger partial charge >= 0.3 is 5.97 Å². The highest BCUT2D eigenvalue weighted by atomic mass is 28.4. The average molecular weight is 306 g/mol. The summed E-state index contributed by atoms with van der Waals surface area (Å²) >= 11 is 0. The van der Waals surface area contributed by atoms with Crippen molar-refractivity contribution in [3.63, 3.8) is 0 Å². The van der Waals surface area contributed by atoms with Crippen molar-refractivity contribution in [1.29, 1.82) is 0 Å². The zero-order valence-electron chi connectivity index (χ0n) is 13.4. The fraction of sp³-hybridized carbons (Fsp3) is 0.438. The molecule has 2 rings (SSSR count). The predicted octanol–water partition coefficient (Wildman–Crippen LogP) is 4.82. The molecule has 2 aromatic rings. The first-order chi connectivity index (χ1) is 9.54. The third-order valence-corrected chi connectivity index (χ3v) is 8.62. The number of carbonyl (C=O) groups is 1. The van der Waals surface area contributed by atoms with Gasteiger partial charge in [0.15, 0.2) is 0 Å². The van der Waals surface area contributed by atoms with Crippen molar-refractivity contribution in [1.82, 2.24) is 0 Å². The Labute approximate surface area is 125 Å². The van der Waals surface area contributed by atoms with E-state index in [0.717, 1.165) is 5.39 Å². The van der Waals surface area contributed by atoms with Crippen LogP contribution >= 0.6 is 0 Å². The molecule has 21 heavy (non-hydrogen) atoms. The Morgan fingerprint density at radius 3 is 2.43 bits per heavy atom. The Morgan fingerprint density at radius 2 is 1.90 bits per heavy atom. The van der Waals surface area contributed by atoms with Gasteiger partial charge in [-0.2, -0.15) is 0 Å². The lowest BCUT2D eigenvalue weighted by Gasteiger charge is -2.36. The van der Waals surface area contributed by atoms with Crippen LogP contribution in [0.4, 0.5) is 0 Å². The molecule has 1 aromatic heterocycles. The summed E-state index contributed by atoms with van der Waals surface area (Å²) in [6.07, 6.45) is 0. The van der Waals surface area contributed by atoms with Gasteiger partial charge in [0.1, 0.15) is 11.3 Å². The van der Waals surface area contributed by atoms with Gasteiger partial charge in [-0.25, -0.2) is 4.79 Å². The number of carboxylic acids is 1. The van der Waals surface area contributed by atoms with Gasteiger partial charge in [-0.1, -0.05) is 26.8 Å². The lowest BCUT2D eigenvalue weighted by molar-refractivity contribution is 0.0664. The number of aromatic carboxylic acids is 1. The van der Waals surface area contributed by atoms with Gasteiger partial charge in [0.2, 0.25) is 5.76 Å². The second-order valence-corrected chi connectivity index (χ2v) is 11.6. The molecule has 0 atom stereocenters. The topological polar surface area (TPSA) is 59.7 Å². The fourth-order valence-corrected chi connectivity index (χ4v) is 3.01. The Balaban J connectivity index is 2.58. The molecule has 1 heterocycles. The quantitative estimate of drug-likeness (QED) is 0.826. The van der Waals surface area contributed by atoms with Crippen molar-refractivity contribution >= 4 is 25.3 Å². The molecule has 0 aliphatic carbocycles. The third kappa shape index (κ3) is 2.70. The third-order valence-electron chi connectivity index (χ3n) is 4.28. The van der Waals surface area contributed by atoms with E-state index in [1.54, 1.807) is 13.0 Å². The van der Waals surface area contributed by atoms with Crippen LogP contribution in [-0.4, -0.2) is 19.4 Å². The summed E-state index contributed by atoms with van der Waals surface area (Å²) in [7, 11) is -1.99. The van der Waals surface area contributed by atoms with E-state index >= 15 is 0 Å². The molecular weight excluding hydrogens is 284 g/mol. The largest absolute Gasteiger partial charge is 0.543 e. The van der Waals surface area contributed by atoms with Crippen LogP contribution in [0.2, 0.25) is 18.1 Å². The maximum atomic E-state index is 11.2. The van der Waals surface area contributed by atoms with Crippen LogP contribution < -0.4 is 4.43 Å². The number of hydrogen-bond donors (Lipinski definition) is 1. The number of hydrogen-bond acceptors (Lipinski definition) is 3. The summed E-state index contributed by atoms with van der Waals surface area (Å²) in [5.74, 6) is -0.355. The van der Waals surface area contributed by atoms with Gasteiger partial charge in [0.25, 0.3) is 8.32 Å². The van der Waals surface area contributed by atoms with Crippen molar-refractivity contribution in [2.45, 2.75) is 45.8 Å². The average Bonchev–Trinajstić information content (AvgIpc) is 2.66. The molecule has 0 amide bonds. The molecule has 0 spiro atoms. The Bertz CT molecular complexity index is 692. The van der Waals surface area contributed by atoms with Gasteiger partial charge in [0, 0.05) is 5.56 Å². The first-order valence-corrected chi connectivity index (χ1v) is 9.90. The smallest absolute Gasteiger partial charge is 0.372 e. The summed E-state index contributed by atoms with van der Waals surface area (Å²) in [5.41, 5.74) is 1.17. The van der Waals surface area contributed by atoms with E-state index in [9.17, 15) is 9.90 Å². The minimum Gasteiger partial charge on any atom is -0.543 e. The normalized spacial score (nSPS) is 12.7. The molecule has 0 aliphatic rings. The fourth-order valence-electron chi connectivity index (χ4n) is 1.98. The summed E-state index contributed by atoms with van der Waals surface area (Å²) in [4.78, 5) is 11.2. The highest BCUT2D eigenvalue weighted by Gasteiger charge is 2.39. The minimum absolute atomic E-state index is 0.0173. The van der Waals surface area contributed by atoms with Crippen molar-refractivity contribution in [3.05, 3.63) is 29.5 Å². The van der Waals surface area contributed by atoms with E-state index in [1.807, 2.05) is 12.1 Å². The number of furan rings is 1. The summed E-state index contributed by atoms with van der Waals surface area (Å²) < 4.78 is 11.8. The van der Waals surface area contributed by atoms with Crippen molar-refractivity contribution in [3.8, 4) is 5.75 Å². The molecule has 1 aromatic carbocycles. The van der Waals surface area contributed by atoms with E-state index in [0.29, 0.717) is 16.9 Å². The van der Waals surface area contributed by atoms with Gasteiger partial charge in [0.05, 0.1) is 5.39 Å². The van der Waals surface area contributed by atoms with E-state index in [2.05, 4.69) is 33.9 Å². The molecule has 0 saturated carbocycles. The summed E-state index contributed by atoms with van der Waals surface area (Å²) in [6, 6.07) is 5.49. The van der Waals surface area contributed by atoms with Crippen LogP contribution in [0.1, 0.15) is 36.9 Å². The molecule has 0 fully saturated rings. The SMILES string of the molecule is Cc1c(C(=O)O)oc2cccc(O[Si](C)(C)C(C)(C)C)c12. The van der Waals surface area contributed by atoms with Crippen LogP contribution in [-0.2, 0) is 0 Å². The molecular formula is C16H22O4Si. The highest BCUT2D eigenvalue weighted by Crippen LogP contribution is 2.40. The Morgan fingerprint density at radius 1 is 1.29 bits per heavy atom. The van der Waals surface area contributed by atoms with E-state index < -0.39 is 14.3 Å². The molecule has 0 aliphatic heterocycles. The van der Waals surface area contributed by atoms with E-state index in [1.165, 1.54) is 0 Å².